The van der Waals surface area contributed by atoms with Crippen molar-refractivity contribution in [2.75, 3.05) is 0 Å². The van der Waals surface area contributed by atoms with Gasteiger partial charge in [-0.05, 0) is 12.8 Å². The molecule has 2 atom stereocenters. The fourth-order valence-electron chi connectivity index (χ4n) is 5.05. The second-order valence-corrected chi connectivity index (χ2v) is 10.5. The molecule has 0 aromatic carbocycles. The summed E-state index contributed by atoms with van der Waals surface area (Å²) < 4.78 is 0. The van der Waals surface area contributed by atoms with Gasteiger partial charge in [0.2, 0.25) is 0 Å². The molecule has 0 amide bonds. The van der Waals surface area contributed by atoms with Crippen LogP contribution in [0.15, 0.2) is 0 Å². The van der Waals surface area contributed by atoms with E-state index in [2.05, 4.69) is 13.8 Å². The van der Waals surface area contributed by atoms with E-state index in [1.54, 1.807) is 0 Å². The van der Waals surface area contributed by atoms with Gasteiger partial charge in [0.1, 0.15) is 0 Å². The summed E-state index contributed by atoms with van der Waals surface area (Å²) >= 11 is 0. The standard InChI is InChI=1S/C30H58O4/c1-3-5-7-9-11-13-14-15-16-17-18-20-22-24-26-28(30(33)34)27(29(31)32)25-23-21-19-12-10-8-6-4-2/h27-28H,3-26H2,1-2H3,(H,31,32)(H,33,34). The number of carboxylic acid groups (broad SMARTS) is 2. The van der Waals surface area contributed by atoms with Gasteiger partial charge in [0.25, 0.3) is 0 Å². The molecule has 4 nitrogen and oxygen atoms in total. The summed E-state index contributed by atoms with van der Waals surface area (Å²) in [6.07, 6.45) is 28.0. The van der Waals surface area contributed by atoms with Crippen molar-refractivity contribution < 1.29 is 19.8 Å². The number of hydrogen-bond acceptors (Lipinski definition) is 2. The Balaban J connectivity index is 3.87. The van der Waals surface area contributed by atoms with Crippen molar-refractivity contribution in [1.29, 1.82) is 0 Å². The first-order valence-electron chi connectivity index (χ1n) is 15.0. The minimum absolute atomic E-state index is 0.500. The molecule has 2 unspecified atom stereocenters. The molecule has 0 spiro atoms. The zero-order valence-electron chi connectivity index (χ0n) is 22.8. The summed E-state index contributed by atoms with van der Waals surface area (Å²) in [5, 5.41) is 19.3. The molecule has 0 heterocycles. The average Bonchev–Trinajstić information content (AvgIpc) is 2.81. The van der Waals surface area contributed by atoms with E-state index in [-0.39, 0.29) is 0 Å². The number of unbranched alkanes of at least 4 members (excludes halogenated alkanes) is 20. The second-order valence-electron chi connectivity index (χ2n) is 10.5. The third-order valence-corrected chi connectivity index (χ3v) is 7.36. The normalized spacial score (nSPS) is 13.1. The van der Waals surface area contributed by atoms with Crippen molar-refractivity contribution in [3.8, 4) is 0 Å². The fourth-order valence-corrected chi connectivity index (χ4v) is 5.05. The molecule has 0 bridgehead atoms. The summed E-state index contributed by atoms with van der Waals surface area (Å²) in [6.45, 7) is 4.47. The van der Waals surface area contributed by atoms with Crippen molar-refractivity contribution in [1.82, 2.24) is 0 Å². The molecule has 2 N–H and O–H groups in total. The third-order valence-electron chi connectivity index (χ3n) is 7.36. The first kappa shape index (κ1) is 32.9. The Morgan fingerprint density at radius 2 is 0.618 bits per heavy atom. The van der Waals surface area contributed by atoms with E-state index >= 15 is 0 Å². The van der Waals surface area contributed by atoms with Crippen molar-refractivity contribution in [2.45, 2.75) is 168 Å². The smallest absolute Gasteiger partial charge is 0.307 e. The van der Waals surface area contributed by atoms with Crippen molar-refractivity contribution in [2.24, 2.45) is 11.8 Å². The summed E-state index contributed by atoms with van der Waals surface area (Å²) in [4.78, 5) is 23.6. The van der Waals surface area contributed by atoms with Crippen molar-refractivity contribution in [3.05, 3.63) is 0 Å². The zero-order valence-corrected chi connectivity index (χ0v) is 22.8. The van der Waals surface area contributed by atoms with E-state index in [1.807, 2.05) is 0 Å². The van der Waals surface area contributed by atoms with Gasteiger partial charge in [0.15, 0.2) is 0 Å². The Bertz CT molecular complexity index is 463. The highest BCUT2D eigenvalue weighted by Gasteiger charge is 2.32. The Hall–Kier alpha value is -1.06. The predicted molar refractivity (Wildman–Crippen MR) is 144 cm³/mol. The maximum absolute atomic E-state index is 11.8. The first-order chi connectivity index (χ1) is 16.5. The Morgan fingerprint density at radius 3 is 0.824 bits per heavy atom. The molecule has 0 radical (unpaired) electrons. The van der Waals surface area contributed by atoms with Gasteiger partial charge in [-0.3, -0.25) is 9.59 Å². The van der Waals surface area contributed by atoms with Gasteiger partial charge in [0, 0.05) is 0 Å². The fraction of sp³-hybridized carbons (Fsp3) is 0.933. The maximum Gasteiger partial charge on any atom is 0.307 e. The maximum atomic E-state index is 11.8. The number of rotatable bonds is 27. The van der Waals surface area contributed by atoms with Crippen molar-refractivity contribution in [3.63, 3.8) is 0 Å². The summed E-state index contributed by atoms with van der Waals surface area (Å²) in [7, 11) is 0. The molecule has 0 saturated carbocycles. The van der Waals surface area contributed by atoms with Crippen LogP contribution < -0.4 is 0 Å². The molecule has 0 aromatic heterocycles. The lowest BCUT2D eigenvalue weighted by atomic mass is 9.84. The van der Waals surface area contributed by atoms with Crippen LogP contribution in [0.25, 0.3) is 0 Å². The summed E-state index contributed by atoms with van der Waals surface area (Å²) in [6, 6.07) is 0. The van der Waals surface area contributed by atoms with Crippen LogP contribution in [0, 0.1) is 11.8 Å². The minimum atomic E-state index is -0.930. The third kappa shape index (κ3) is 20.3. The Labute approximate surface area is 211 Å². The average molecular weight is 483 g/mol. The monoisotopic (exact) mass is 482 g/mol. The van der Waals surface area contributed by atoms with Crippen LogP contribution in [0.2, 0.25) is 0 Å². The molecular weight excluding hydrogens is 424 g/mol. The molecule has 0 saturated heterocycles. The molecule has 34 heavy (non-hydrogen) atoms. The molecule has 0 aliphatic rings. The van der Waals surface area contributed by atoms with E-state index in [9.17, 15) is 19.8 Å². The first-order valence-corrected chi connectivity index (χ1v) is 15.0. The van der Waals surface area contributed by atoms with Gasteiger partial charge in [-0.25, -0.2) is 0 Å². The van der Waals surface area contributed by atoms with Gasteiger partial charge in [-0.2, -0.15) is 0 Å². The van der Waals surface area contributed by atoms with E-state index < -0.39 is 23.8 Å². The van der Waals surface area contributed by atoms with E-state index in [1.165, 1.54) is 103 Å². The highest BCUT2D eigenvalue weighted by molar-refractivity contribution is 5.79. The van der Waals surface area contributed by atoms with Gasteiger partial charge in [0.05, 0.1) is 11.8 Å². The number of aliphatic carboxylic acids is 2. The Kier molecular flexibility index (Phi) is 24.3. The van der Waals surface area contributed by atoms with Crippen LogP contribution in [-0.2, 0) is 9.59 Å². The van der Waals surface area contributed by atoms with E-state index in [0.29, 0.717) is 12.8 Å². The largest absolute Gasteiger partial charge is 0.481 e. The van der Waals surface area contributed by atoms with Crippen LogP contribution >= 0.6 is 0 Å². The topological polar surface area (TPSA) is 74.6 Å². The molecule has 0 rings (SSSR count). The quantitative estimate of drug-likeness (QED) is 0.114. The summed E-state index contributed by atoms with van der Waals surface area (Å²) in [5.74, 6) is -3.33. The minimum Gasteiger partial charge on any atom is -0.481 e. The summed E-state index contributed by atoms with van der Waals surface area (Å²) in [5.41, 5.74) is 0. The van der Waals surface area contributed by atoms with Crippen LogP contribution in [0.4, 0.5) is 0 Å². The number of hydrogen-bond donors (Lipinski definition) is 2. The molecule has 0 aliphatic heterocycles. The van der Waals surface area contributed by atoms with Crippen molar-refractivity contribution >= 4 is 11.9 Å². The molecule has 202 valence electrons. The van der Waals surface area contributed by atoms with Gasteiger partial charge < -0.3 is 10.2 Å². The highest BCUT2D eigenvalue weighted by atomic mass is 16.4. The molecule has 0 aliphatic carbocycles. The van der Waals surface area contributed by atoms with Crippen LogP contribution in [0.3, 0.4) is 0 Å². The molecular formula is C30H58O4. The molecule has 4 heteroatoms. The molecule has 0 aromatic rings. The molecule has 0 fully saturated rings. The number of carbonyl (C=O) groups is 2. The van der Waals surface area contributed by atoms with Crippen LogP contribution in [-0.4, -0.2) is 22.2 Å². The predicted octanol–water partition coefficient (Wildman–Crippen LogP) is 9.79. The lowest BCUT2D eigenvalue weighted by Gasteiger charge is -2.20. The SMILES string of the molecule is CCCCCCCCCCCCCCCCC(C(=O)O)C(CCCCCCCCCC)C(=O)O. The van der Waals surface area contributed by atoms with E-state index in [0.717, 1.165) is 38.5 Å². The van der Waals surface area contributed by atoms with Gasteiger partial charge in [-0.1, -0.05) is 155 Å². The number of carboxylic acids is 2. The van der Waals surface area contributed by atoms with E-state index in [4.69, 9.17) is 0 Å². The zero-order chi connectivity index (χ0) is 25.3. The van der Waals surface area contributed by atoms with Gasteiger partial charge >= 0.3 is 11.9 Å². The lowest BCUT2D eigenvalue weighted by Crippen LogP contribution is -2.30. The van der Waals surface area contributed by atoms with Gasteiger partial charge in [-0.15, -0.1) is 0 Å². The Morgan fingerprint density at radius 1 is 0.412 bits per heavy atom. The van der Waals surface area contributed by atoms with Crippen LogP contribution in [0.5, 0.6) is 0 Å². The van der Waals surface area contributed by atoms with Crippen LogP contribution in [0.1, 0.15) is 168 Å². The highest BCUT2D eigenvalue weighted by Crippen LogP contribution is 2.26. The lowest BCUT2D eigenvalue weighted by molar-refractivity contribution is -0.154. The second kappa shape index (κ2) is 25.0.